The molecule has 0 atom stereocenters. The van der Waals surface area contributed by atoms with Gasteiger partial charge in [0.25, 0.3) is 0 Å². The maximum Gasteiger partial charge on any atom is 0.222 e. The molecule has 0 amide bonds. The maximum atomic E-state index is 6.03. The number of anilines is 2. The summed E-state index contributed by atoms with van der Waals surface area (Å²) in [4.78, 5) is 8.52. The zero-order chi connectivity index (χ0) is 13.7. The minimum absolute atomic E-state index is 0.218. The van der Waals surface area contributed by atoms with Crippen molar-refractivity contribution >= 4 is 45.4 Å². The van der Waals surface area contributed by atoms with Crippen molar-refractivity contribution in [3.63, 3.8) is 0 Å². The average molecular weight is 290 g/mol. The predicted molar refractivity (Wildman–Crippen MR) is 79.0 cm³/mol. The molecule has 3 heterocycles. The molecule has 1 aromatic carbocycles. The van der Waals surface area contributed by atoms with Crippen molar-refractivity contribution in [2.24, 2.45) is 0 Å². The van der Waals surface area contributed by atoms with E-state index in [-0.39, 0.29) is 5.95 Å². The number of nitrogens with zero attached hydrogens (tertiary/aromatic N) is 2. The lowest BCUT2D eigenvalue weighted by Crippen LogP contribution is -2.51. The maximum absolute atomic E-state index is 6.03. The van der Waals surface area contributed by atoms with Gasteiger partial charge >= 0.3 is 0 Å². The van der Waals surface area contributed by atoms with Gasteiger partial charge in [-0.2, -0.15) is 4.98 Å². The molecule has 20 heavy (non-hydrogen) atoms. The van der Waals surface area contributed by atoms with Crippen LogP contribution in [0.1, 0.15) is 0 Å². The SMILES string of the molecule is Nc1nc(NC2CNC2)c2oc3ccc(Cl)cc3c2n1. The van der Waals surface area contributed by atoms with Gasteiger partial charge < -0.3 is 20.8 Å². The van der Waals surface area contributed by atoms with Crippen LogP contribution in [0.3, 0.4) is 0 Å². The van der Waals surface area contributed by atoms with Gasteiger partial charge in [-0.25, -0.2) is 4.98 Å². The van der Waals surface area contributed by atoms with Crippen molar-refractivity contribution in [3.8, 4) is 0 Å². The number of rotatable bonds is 2. The van der Waals surface area contributed by atoms with Gasteiger partial charge in [-0.3, -0.25) is 0 Å². The summed E-state index contributed by atoms with van der Waals surface area (Å²) in [5.41, 5.74) is 7.82. The van der Waals surface area contributed by atoms with Gasteiger partial charge in [0.05, 0.1) is 6.04 Å². The van der Waals surface area contributed by atoms with Crippen molar-refractivity contribution in [2.45, 2.75) is 6.04 Å². The number of nitrogens with one attached hydrogen (secondary N) is 2. The van der Waals surface area contributed by atoms with Crippen LogP contribution >= 0.6 is 11.6 Å². The van der Waals surface area contributed by atoms with Crippen LogP contribution in [0.25, 0.3) is 22.1 Å². The predicted octanol–water partition coefficient (Wildman–Crippen LogP) is 2.00. The van der Waals surface area contributed by atoms with Crippen molar-refractivity contribution < 1.29 is 4.42 Å². The van der Waals surface area contributed by atoms with E-state index in [1.54, 1.807) is 6.07 Å². The standard InChI is InChI=1S/C13H12ClN5O/c14-6-1-2-9-8(3-6)10-11(20-9)12(19-13(15)18-10)17-7-4-16-5-7/h1-3,7,16H,4-5H2,(H3,15,17,18,19). The van der Waals surface area contributed by atoms with E-state index >= 15 is 0 Å². The molecule has 0 radical (unpaired) electrons. The second-order valence-corrected chi connectivity index (χ2v) is 5.29. The first-order valence-electron chi connectivity index (χ1n) is 6.33. The Hall–Kier alpha value is -2.05. The Kier molecular flexibility index (Phi) is 2.48. The highest BCUT2D eigenvalue weighted by Crippen LogP contribution is 2.33. The van der Waals surface area contributed by atoms with E-state index in [1.807, 2.05) is 12.1 Å². The van der Waals surface area contributed by atoms with Gasteiger partial charge in [-0.15, -0.1) is 0 Å². The molecule has 1 aliphatic heterocycles. The number of hydrogen-bond donors (Lipinski definition) is 3. The van der Waals surface area contributed by atoms with Gasteiger partial charge in [0.1, 0.15) is 11.1 Å². The molecule has 0 spiro atoms. The third-order valence-electron chi connectivity index (χ3n) is 3.41. The summed E-state index contributed by atoms with van der Waals surface area (Å²) in [6.45, 7) is 1.80. The van der Waals surface area contributed by atoms with Gasteiger partial charge in [0.15, 0.2) is 11.4 Å². The summed E-state index contributed by atoms with van der Waals surface area (Å²) < 4.78 is 5.84. The highest BCUT2D eigenvalue weighted by Gasteiger charge is 2.21. The molecule has 4 N–H and O–H groups in total. The molecular formula is C13H12ClN5O. The largest absolute Gasteiger partial charge is 0.450 e. The summed E-state index contributed by atoms with van der Waals surface area (Å²) in [5, 5.41) is 7.99. The van der Waals surface area contributed by atoms with Crippen LogP contribution < -0.4 is 16.4 Å². The van der Waals surface area contributed by atoms with E-state index in [1.165, 1.54) is 0 Å². The Bertz CT molecular complexity index is 811. The molecule has 0 saturated carbocycles. The number of fused-ring (bicyclic) bond motifs is 3. The number of halogens is 1. The fraction of sp³-hybridized carbons (Fsp3) is 0.231. The van der Waals surface area contributed by atoms with Crippen LogP contribution in [0.4, 0.5) is 11.8 Å². The molecule has 3 aromatic rings. The van der Waals surface area contributed by atoms with E-state index in [0.717, 1.165) is 24.1 Å². The lowest BCUT2D eigenvalue weighted by Gasteiger charge is -2.28. The van der Waals surface area contributed by atoms with Crippen LogP contribution in [0.2, 0.25) is 5.02 Å². The quantitative estimate of drug-likeness (QED) is 0.668. The number of furan rings is 1. The lowest BCUT2D eigenvalue weighted by atomic mass is 10.2. The Balaban J connectivity index is 1.96. The van der Waals surface area contributed by atoms with Crippen LogP contribution in [0.15, 0.2) is 22.6 Å². The topological polar surface area (TPSA) is 89.0 Å². The molecule has 1 saturated heterocycles. The molecule has 4 rings (SSSR count). The van der Waals surface area contributed by atoms with Crippen molar-refractivity contribution in [1.82, 2.24) is 15.3 Å². The Morgan fingerprint density at radius 1 is 1.35 bits per heavy atom. The normalized spacial score (nSPS) is 15.7. The van der Waals surface area contributed by atoms with Crippen LogP contribution in [-0.4, -0.2) is 29.1 Å². The van der Waals surface area contributed by atoms with E-state index in [9.17, 15) is 0 Å². The van der Waals surface area contributed by atoms with E-state index in [0.29, 0.717) is 28.0 Å². The molecule has 0 aliphatic carbocycles. The van der Waals surface area contributed by atoms with Crippen molar-refractivity contribution in [2.75, 3.05) is 24.1 Å². The number of hydrogen-bond acceptors (Lipinski definition) is 6. The Labute approximate surface area is 119 Å². The summed E-state index contributed by atoms with van der Waals surface area (Å²) in [5.74, 6) is 0.848. The number of nitrogens with two attached hydrogens (primary N) is 1. The molecule has 7 heteroatoms. The first-order valence-corrected chi connectivity index (χ1v) is 6.71. The fourth-order valence-corrected chi connectivity index (χ4v) is 2.49. The molecular weight excluding hydrogens is 278 g/mol. The zero-order valence-electron chi connectivity index (χ0n) is 10.5. The monoisotopic (exact) mass is 289 g/mol. The second-order valence-electron chi connectivity index (χ2n) is 4.85. The molecule has 102 valence electrons. The lowest BCUT2D eigenvalue weighted by molar-refractivity contribution is 0.470. The number of benzene rings is 1. The molecule has 2 aromatic heterocycles. The highest BCUT2D eigenvalue weighted by atomic mass is 35.5. The van der Waals surface area contributed by atoms with E-state index in [2.05, 4.69) is 20.6 Å². The smallest absolute Gasteiger partial charge is 0.222 e. The number of aromatic nitrogens is 2. The second kappa shape index (κ2) is 4.22. The van der Waals surface area contributed by atoms with Crippen molar-refractivity contribution in [1.29, 1.82) is 0 Å². The molecule has 6 nitrogen and oxygen atoms in total. The van der Waals surface area contributed by atoms with Crippen molar-refractivity contribution in [3.05, 3.63) is 23.2 Å². The van der Waals surface area contributed by atoms with Crippen LogP contribution in [-0.2, 0) is 0 Å². The summed E-state index contributed by atoms with van der Waals surface area (Å²) in [6, 6.07) is 5.77. The first kappa shape index (κ1) is 11.7. The Morgan fingerprint density at radius 2 is 2.20 bits per heavy atom. The molecule has 1 fully saturated rings. The van der Waals surface area contributed by atoms with Gasteiger partial charge in [-0.05, 0) is 18.2 Å². The summed E-state index contributed by atoms with van der Waals surface area (Å²) in [7, 11) is 0. The average Bonchev–Trinajstić information content (AvgIpc) is 2.72. The molecule has 0 unspecified atom stereocenters. The minimum Gasteiger partial charge on any atom is -0.450 e. The third kappa shape index (κ3) is 1.76. The molecule has 0 bridgehead atoms. The van der Waals surface area contributed by atoms with Gasteiger partial charge in [0, 0.05) is 23.5 Å². The molecule has 1 aliphatic rings. The highest BCUT2D eigenvalue weighted by molar-refractivity contribution is 6.31. The van der Waals surface area contributed by atoms with Crippen LogP contribution in [0, 0.1) is 0 Å². The number of nitrogen functional groups attached to an aromatic ring is 1. The minimum atomic E-state index is 0.218. The van der Waals surface area contributed by atoms with E-state index < -0.39 is 0 Å². The third-order valence-corrected chi connectivity index (χ3v) is 3.65. The fourth-order valence-electron chi connectivity index (χ4n) is 2.32. The van der Waals surface area contributed by atoms with Gasteiger partial charge in [0.2, 0.25) is 5.95 Å². The summed E-state index contributed by atoms with van der Waals surface area (Å²) >= 11 is 6.03. The van der Waals surface area contributed by atoms with Gasteiger partial charge in [-0.1, -0.05) is 11.6 Å². The zero-order valence-corrected chi connectivity index (χ0v) is 11.2. The summed E-state index contributed by atoms with van der Waals surface area (Å²) in [6.07, 6.45) is 0. The first-order chi connectivity index (χ1) is 9.70. The Morgan fingerprint density at radius 3 is 2.95 bits per heavy atom. The van der Waals surface area contributed by atoms with E-state index in [4.69, 9.17) is 21.8 Å². The van der Waals surface area contributed by atoms with Crippen LogP contribution in [0.5, 0.6) is 0 Å².